The molecule has 0 radical (unpaired) electrons. The van der Waals surface area contributed by atoms with E-state index in [0.717, 1.165) is 31.7 Å². The van der Waals surface area contributed by atoms with Crippen LogP contribution in [0.1, 0.15) is 18.2 Å². The fraction of sp³-hybridized carbons (Fsp3) is 0.375. The number of hydrogen-bond donors (Lipinski definition) is 1. The zero-order valence-corrected chi connectivity index (χ0v) is 12.8. The second-order valence-corrected chi connectivity index (χ2v) is 5.61. The van der Waals surface area contributed by atoms with Crippen molar-refractivity contribution in [3.8, 4) is 0 Å². The predicted octanol–water partition coefficient (Wildman–Crippen LogP) is 4.05. The van der Waals surface area contributed by atoms with Crippen LogP contribution in [0.25, 0.3) is 0 Å². The summed E-state index contributed by atoms with van der Waals surface area (Å²) in [6.45, 7) is 4.16. The number of halogens is 1. The van der Waals surface area contributed by atoms with E-state index in [1.54, 1.807) is 6.26 Å². The molecule has 1 unspecified atom stereocenters. The quantitative estimate of drug-likeness (QED) is 0.832. The molecule has 0 fully saturated rings. The van der Waals surface area contributed by atoms with E-state index < -0.39 is 0 Å². The van der Waals surface area contributed by atoms with E-state index in [9.17, 15) is 0 Å². The SMILES string of the molecule is CCNCC(Cc1ccco1)Cc1ccccc1Br. The van der Waals surface area contributed by atoms with Crippen molar-refractivity contribution in [1.29, 1.82) is 0 Å². The van der Waals surface area contributed by atoms with Gasteiger partial charge >= 0.3 is 0 Å². The fourth-order valence-corrected chi connectivity index (χ4v) is 2.70. The molecule has 0 saturated carbocycles. The largest absolute Gasteiger partial charge is 0.469 e. The molecule has 0 bridgehead atoms. The fourth-order valence-electron chi connectivity index (χ4n) is 2.25. The minimum Gasteiger partial charge on any atom is -0.469 e. The maximum atomic E-state index is 5.47. The number of nitrogens with one attached hydrogen (secondary N) is 1. The molecule has 1 aromatic heterocycles. The second-order valence-electron chi connectivity index (χ2n) is 4.75. The van der Waals surface area contributed by atoms with E-state index >= 15 is 0 Å². The van der Waals surface area contributed by atoms with Crippen molar-refractivity contribution in [2.45, 2.75) is 19.8 Å². The van der Waals surface area contributed by atoms with Gasteiger partial charge in [-0.25, -0.2) is 0 Å². The van der Waals surface area contributed by atoms with Gasteiger partial charge in [0, 0.05) is 10.9 Å². The summed E-state index contributed by atoms with van der Waals surface area (Å²) < 4.78 is 6.66. The van der Waals surface area contributed by atoms with Crippen LogP contribution in [0.3, 0.4) is 0 Å². The number of furan rings is 1. The molecule has 1 aromatic carbocycles. The lowest BCUT2D eigenvalue weighted by atomic mass is 9.95. The number of hydrogen-bond acceptors (Lipinski definition) is 2. The Balaban J connectivity index is 2.03. The second kappa shape index (κ2) is 7.51. The normalized spacial score (nSPS) is 12.5. The summed E-state index contributed by atoms with van der Waals surface area (Å²) in [5.41, 5.74) is 1.36. The van der Waals surface area contributed by atoms with Crippen molar-refractivity contribution < 1.29 is 4.42 Å². The Hall–Kier alpha value is -1.06. The average Bonchev–Trinajstić information content (AvgIpc) is 2.91. The summed E-state index contributed by atoms with van der Waals surface area (Å²) in [5, 5.41) is 3.44. The van der Waals surface area contributed by atoms with Gasteiger partial charge in [-0.15, -0.1) is 0 Å². The Labute approximate surface area is 123 Å². The van der Waals surface area contributed by atoms with Crippen molar-refractivity contribution in [2.24, 2.45) is 5.92 Å². The van der Waals surface area contributed by atoms with E-state index in [2.05, 4.69) is 58.5 Å². The van der Waals surface area contributed by atoms with Gasteiger partial charge in [-0.05, 0) is 49.2 Å². The van der Waals surface area contributed by atoms with Crippen molar-refractivity contribution in [2.75, 3.05) is 13.1 Å². The third-order valence-electron chi connectivity index (χ3n) is 3.22. The lowest BCUT2D eigenvalue weighted by Crippen LogP contribution is -2.25. The first-order valence-corrected chi connectivity index (χ1v) is 7.55. The van der Waals surface area contributed by atoms with Crippen LogP contribution in [-0.4, -0.2) is 13.1 Å². The lowest BCUT2D eigenvalue weighted by molar-refractivity contribution is 0.418. The van der Waals surface area contributed by atoms with Gasteiger partial charge in [0.25, 0.3) is 0 Å². The monoisotopic (exact) mass is 321 g/mol. The highest BCUT2D eigenvalue weighted by Crippen LogP contribution is 2.21. The summed E-state index contributed by atoms with van der Waals surface area (Å²) in [6, 6.07) is 12.4. The molecule has 0 aliphatic carbocycles. The number of rotatable bonds is 7. The van der Waals surface area contributed by atoms with Gasteiger partial charge in [0.1, 0.15) is 5.76 Å². The molecule has 102 valence electrons. The molecule has 0 aliphatic heterocycles. The Morgan fingerprint density at radius 3 is 2.68 bits per heavy atom. The van der Waals surface area contributed by atoms with Crippen LogP contribution in [0.4, 0.5) is 0 Å². The van der Waals surface area contributed by atoms with Crippen molar-refractivity contribution in [3.05, 3.63) is 58.5 Å². The number of benzene rings is 1. The molecule has 0 spiro atoms. The van der Waals surface area contributed by atoms with E-state index in [1.165, 1.54) is 10.0 Å². The Morgan fingerprint density at radius 1 is 1.16 bits per heavy atom. The van der Waals surface area contributed by atoms with E-state index in [4.69, 9.17) is 4.42 Å². The highest BCUT2D eigenvalue weighted by atomic mass is 79.9. The van der Waals surface area contributed by atoms with Crippen LogP contribution in [0.5, 0.6) is 0 Å². The van der Waals surface area contributed by atoms with Crippen LogP contribution in [0, 0.1) is 5.92 Å². The van der Waals surface area contributed by atoms with Crippen molar-refractivity contribution in [1.82, 2.24) is 5.32 Å². The predicted molar refractivity (Wildman–Crippen MR) is 82.3 cm³/mol. The van der Waals surface area contributed by atoms with Gasteiger partial charge in [-0.1, -0.05) is 41.1 Å². The van der Waals surface area contributed by atoms with Crippen LogP contribution in [0.15, 0.2) is 51.6 Å². The maximum Gasteiger partial charge on any atom is 0.104 e. The molecular formula is C16H20BrNO. The Morgan fingerprint density at radius 2 is 2.00 bits per heavy atom. The molecule has 2 nitrogen and oxygen atoms in total. The summed E-state index contributed by atoms with van der Waals surface area (Å²) >= 11 is 3.63. The van der Waals surface area contributed by atoms with Gasteiger partial charge in [0.2, 0.25) is 0 Å². The maximum absolute atomic E-state index is 5.47. The molecule has 0 aliphatic rings. The topological polar surface area (TPSA) is 25.2 Å². The molecule has 1 heterocycles. The molecule has 1 N–H and O–H groups in total. The van der Waals surface area contributed by atoms with E-state index in [0.29, 0.717) is 5.92 Å². The Kier molecular flexibility index (Phi) is 5.67. The van der Waals surface area contributed by atoms with Crippen LogP contribution < -0.4 is 5.32 Å². The van der Waals surface area contributed by atoms with Crippen LogP contribution >= 0.6 is 15.9 Å². The summed E-state index contributed by atoms with van der Waals surface area (Å²) in [4.78, 5) is 0. The molecule has 19 heavy (non-hydrogen) atoms. The third kappa shape index (κ3) is 4.51. The smallest absolute Gasteiger partial charge is 0.104 e. The molecule has 2 rings (SSSR count). The molecule has 2 aromatic rings. The van der Waals surface area contributed by atoms with Crippen molar-refractivity contribution >= 4 is 15.9 Å². The minimum atomic E-state index is 0.546. The minimum absolute atomic E-state index is 0.546. The van der Waals surface area contributed by atoms with Crippen molar-refractivity contribution in [3.63, 3.8) is 0 Å². The highest BCUT2D eigenvalue weighted by Gasteiger charge is 2.13. The van der Waals surface area contributed by atoms with Gasteiger partial charge in [0.05, 0.1) is 6.26 Å². The average molecular weight is 322 g/mol. The van der Waals surface area contributed by atoms with Gasteiger partial charge in [0.15, 0.2) is 0 Å². The first-order chi connectivity index (χ1) is 9.29. The molecular weight excluding hydrogens is 302 g/mol. The van der Waals surface area contributed by atoms with E-state index in [-0.39, 0.29) is 0 Å². The van der Waals surface area contributed by atoms with Gasteiger partial charge in [-0.2, -0.15) is 0 Å². The first kappa shape index (κ1) is 14.4. The molecule has 1 atom stereocenters. The third-order valence-corrected chi connectivity index (χ3v) is 3.99. The van der Waals surface area contributed by atoms with E-state index in [1.807, 2.05) is 6.07 Å². The molecule has 0 saturated heterocycles. The zero-order valence-electron chi connectivity index (χ0n) is 11.2. The summed E-state index contributed by atoms with van der Waals surface area (Å²) in [6.07, 6.45) is 3.77. The molecule has 0 amide bonds. The first-order valence-electron chi connectivity index (χ1n) is 6.76. The van der Waals surface area contributed by atoms with Crippen LogP contribution in [-0.2, 0) is 12.8 Å². The van der Waals surface area contributed by atoms with Gasteiger partial charge < -0.3 is 9.73 Å². The highest BCUT2D eigenvalue weighted by molar-refractivity contribution is 9.10. The lowest BCUT2D eigenvalue weighted by Gasteiger charge is -2.17. The van der Waals surface area contributed by atoms with Crippen LogP contribution in [0.2, 0.25) is 0 Å². The van der Waals surface area contributed by atoms with Gasteiger partial charge in [-0.3, -0.25) is 0 Å². The Bertz CT molecular complexity index is 481. The summed E-state index contributed by atoms with van der Waals surface area (Å²) in [7, 11) is 0. The standard InChI is InChI=1S/C16H20BrNO/c1-2-18-12-13(11-15-7-5-9-19-15)10-14-6-3-4-8-16(14)17/h3-9,13,18H,2,10-12H2,1H3. The molecule has 3 heteroatoms. The summed E-state index contributed by atoms with van der Waals surface area (Å²) in [5.74, 6) is 1.61. The zero-order chi connectivity index (χ0) is 13.5.